The maximum absolute atomic E-state index is 6.00. The van der Waals surface area contributed by atoms with Crippen LogP contribution >= 0.6 is 39.1 Å². The van der Waals surface area contributed by atoms with Crippen molar-refractivity contribution in [2.24, 2.45) is 0 Å². The van der Waals surface area contributed by atoms with Crippen LogP contribution in [0.1, 0.15) is 0 Å². The first-order valence-corrected chi connectivity index (χ1v) is 6.00. The Balaban J connectivity index is 2.63. The predicted molar refractivity (Wildman–Crippen MR) is 69.1 cm³/mol. The van der Waals surface area contributed by atoms with Crippen LogP contribution in [0.15, 0.2) is 22.7 Å². The Morgan fingerprint density at radius 1 is 1.19 bits per heavy atom. The highest BCUT2D eigenvalue weighted by Gasteiger charge is 2.12. The molecule has 3 nitrogen and oxygen atoms in total. The molecule has 0 amide bonds. The van der Waals surface area contributed by atoms with Crippen molar-refractivity contribution in [2.45, 2.75) is 0 Å². The lowest BCUT2D eigenvalue weighted by Crippen LogP contribution is -1.84. The molecule has 0 spiro atoms. The molecule has 0 atom stereocenters. The summed E-state index contributed by atoms with van der Waals surface area (Å²) in [5.74, 6) is 0. The molecule has 3 rings (SSSR count). The molecule has 2 heterocycles. The molecule has 3 aromatic rings. The van der Waals surface area contributed by atoms with Gasteiger partial charge in [0.25, 0.3) is 0 Å². The van der Waals surface area contributed by atoms with E-state index in [9.17, 15) is 0 Å². The first-order valence-electron chi connectivity index (χ1n) is 4.46. The number of rotatable bonds is 0. The van der Waals surface area contributed by atoms with Gasteiger partial charge >= 0.3 is 0 Å². The molecule has 80 valence electrons. The number of hydrogen-bond donors (Lipinski definition) is 1. The predicted octanol–water partition coefficient (Wildman–Crippen LogP) is 4.18. The Morgan fingerprint density at radius 3 is 2.81 bits per heavy atom. The van der Waals surface area contributed by atoms with Crippen molar-refractivity contribution in [3.05, 3.63) is 33.1 Å². The fraction of sp³-hybridized carbons (Fsp3) is 0. The first kappa shape index (κ1) is 10.3. The van der Waals surface area contributed by atoms with E-state index >= 15 is 0 Å². The van der Waals surface area contributed by atoms with Crippen molar-refractivity contribution < 1.29 is 0 Å². The van der Waals surface area contributed by atoms with Gasteiger partial charge in [-0.3, -0.25) is 0 Å². The van der Waals surface area contributed by atoms with E-state index in [1.54, 1.807) is 0 Å². The Kier molecular flexibility index (Phi) is 2.31. The average Bonchev–Trinajstić information content (AvgIpc) is 2.58. The second-order valence-corrected chi connectivity index (χ2v) is 4.84. The van der Waals surface area contributed by atoms with Crippen molar-refractivity contribution in [1.29, 1.82) is 0 Å². The lowest BCUT2D eigenvalue weighted by molar-refractivity contribution is 1.22. The zero-order chi connectivity index (χ0) is 11.3. The van der Waals surface area contributed by atoms with Gasteiger partial charge in [0.05, 0.1) is 0 Å². The number of nitrogens with one attached hydrogen (secondary N) is 1. The Labute approximate surface area is 109 Å². The van der Waals surface area contributed by atoms with E-state index in [0.29, 0.717) is 10.7 Å². The number of aromatic amines is 1. The smallest absolute Gasteiger partial charge is 0.224 e. The summed E-state index contributed by atoms with van der Waals surface area (Å²) >= 11 is 15.3. The SMILES string of the molecule is Clc1nc(Cl)c2[nH]c3cccc(Br)c3c2n1. The molecule has 0 aliphatic heterocycles. The lowest BCUT2D eigenvalue weighted by atomic mass is 10.2. The van der Waals surface area contributed by atoms with Gasteiger partial charge in [0.1, 0.15) is 11.0 Å². The van der Waals surface area contributed by atoms with Gasteiger partial charge in [-0.05, 0) is 23.7 Å². The van der Waals surface area contributed by atoms with Crippen LogP contribution in [0.5, 0.6) is 0 Å². The minimum atomic E-state index is 0.147. The number of benzene rings is 1. The van der Waals surface area contributed by atoms with Crippen LogP contribution in [-0.2, 0) is 0 Å². The quantitative estimate of drug-likeness (QED) is 0.499. The van der Waals surface area contributed by atoms with E-state index in [1.165, 1.54) is 0 Å². The van der Waals surface area contributed by atoms with E-state index < -0.39 is 0 Å². The van der Waals surface area contributed by atoms with Crippen LogP contribution < -0.4 is 0 Å². The molecule has 2 aromatic heterocycles. The fourth-order valence-corrected chi connectivity index (χ4v) is 2.69. The molecule has 0 bridgehead atoms. The van der Waals surface area contributed by atoms with Gasteiger partial charge in [-0.15, -0.1) is 0 Å². The molecule has 0 aliphatic rings. The van der Waals surface area contributed by atoms with Crippen LogP contribution in [-0.4, -0.2) is 15.0 Å². The average molecular weight is 317 g/mol. The molecule has 6 heteroatoms. The van der Waals surface area contributed by atoms with Gasteiger partial charge in [0, 0.05) is 15.4 Å². The minimum Gasteiger partial charge on any atom is -0.351 e. The molecule has 0 fully saturated rings. The van der Waals surface area contributed by atoms with Gasteiger partial charge in [-0.1, -0.05) is 33.6 Å². The summed E-state index contributed by atoms with van der Waals surface area (Å²) < 4.78 is 0.946. The van der Waals surface area contributed by atoms with E-state index in [0.717, 1.165) is 20.9 Å². The summed E-state index contributed by atoms with van der Waals surface area (Å²) in [6, 6.07) is 5.83. The number of aromatic nitrogens is 3. The number of fused-ring (bicyclic) bond motifs is 3. The normalized spacial score (nSPS) is 11.4. The summed E-state index contributed by atoms with van der Waals surface area (Å²) in [7, 11) is 0. The van der Waals surface area contributed by atoms with Crippen LogP contribution in [0.2, 0.25) is 10.4 Å². The Morgan fingerprint density at radius 2 is 2.00 bits per heavy atom. The summed E-state index contributed by atoms with van der Waals surface area (Å²) in [4.78, 5) is 11.3. The molecule has 0 radical (unpaired) electrons. The number of nitrogens with zero attached hydrogens (tertiary/aromatic N) is 2. The number of H-pyrrole nitrogens is 1. The third kappa shape index (κ3) is 1.41. The highest BCUT2D eigenvalue weighted by atomic mass is 79.9. The first-order chi connectivity index (χ1) is 7.66. The van der Waals surface area contributed by atoms with Crippen molar-refractivity contribution in [3.63, 3.8) is 0 Å². The highest BCUT2D eigenvalue weighted by molar-refractivity contribution is 9.10. The molecule has 16 heavy (non-hydrogen) atoms. The van der Waals surface area contributed by atoms with E-state index in [2.05, 4.69) is 30.9 Å². The summed E-state index contributed by atoms with van der Waals surface area (Å²) in [5.41, 5.74) is 2.38. The van der Waals surface area contributed by atoms with Crippen LogP contribution in [0.25, 0.3) is 21.9 Å². The molecule has 1 aromatic carbocycles. The van der Waals surface area contributed by atoms with Crippen LogP contribution in [0, 0.1) is 0 Å². The van der Waals surface area contributed by atoms with Gasteiger partial charge in [-0.2, -0.15) is 0 Å². The van der Waals surface area contributed by atoms with Crippen molar-refractivity contribution in [1.82, 2.24) is 15.0 Å². The molecule has 0 unspecified atom stereocenters. The topological polar surface area (TPSA) is 41.6 Å². The van der Waals surface area contributed by atoms with E-state index in [1.807, 2.05) is 18.2 Å². The van der Waals surface area contributed by atoms with Crippen molar-refractivity contribution >= 4 is 61.1 Å². The van der Waals surface area contributed by atoms with Gasteiger partial charge in [0.15, 0.2) is 5.15 Å². The van der Waals surface area contributed by atoms with Gasteiger partial charge in [0.2, 0.25) is 5.28 Å². The second kappa shape index (κ2) is 3.58. The van der Waals surface area contributed by atoms with Gasteiger partial charge < -0.3 is 4.98 Å². The van der Waals surface area contributed by atoms with Crippen LogP contribution in [0.3, 0.4) is 0 Å². The Hall–Kier alpha value is -0.840. The molecular weight excluding hydrogens is 313 g/mol. The van der Waals surface area contributed by atoms with E-state index in [-0.39, 0.29) is 5.28 Å². The Bertz CT molecular complexity index is 708. The van der Waals surface area contributed by atoms with Gasteiger partial charge in [-0.25, -0.2) is 9.97 Å². The third-order valence-electron chi connectivity index (χ3n) is 2.35. The third-order valence-corrected chi connectivity index (χ3v) is 3.45. The minimum absolute atomic E-state index is 0.147. The lowest BCUT2D eigenvalue weighted by Gasteiger charge is -1.95. The molecule has 0 saturated carbocycles. The fourth-order valence-electron chi connectivity index (χ4n) is 1.70. The van der Waals surface area contributed by atoms with Crippen molar-refractivity contribution in [3.8, 4) is 0 Å². The summed E-state index contributed by atoms with van der Waals surface area (Å²) in [6.45, 7) is 0. The zero-order valence-corrected chi connectivity index (χ0v) is 10.9. The van der Waals surface area contributed by atoms with E-state index in [4.69, 9.17) is 23.2 Å². The molecule has 0 aliphatic carbocycles. The van der Waals surface area contributed by atoms with Crippen molar-refractivity contribution in [2.75, 3.05) is 0 Å². The molecular formula is C10H4BrCl2N3. The zero-order valence-electron chi connectivity index (χ0n) is 7.76. The number of halogens is 3. The standard InChI is InChI=1S/C10H4BrCl2N3/c11-4-2-1-3-5-6(4)7-8(14-5)9(12)16-10(13)15-7/h1-3,14H. The summed E-state index contributed by atoms with van der Waals surface area (Å²) in [6.07, 6.45) is 0. The molecule has 1 N–H and O–H groups in total. The maximum Gasteiger partial charge on any atom is 0.224 e. The largest absolute Gasteiger partial charge is 0.351 e. The maximum atomic E-state index is 6.00. The highest BCUT2D eigenvalue weighted by Crippen LogP contribution is 2.33. The van der Waals surface area contributed by atoms with Crippen LogP contribution in [0.4, 0.5) is 0 Å². The number of hydrogen-bond acceptors (Lipinski definition) is 2. The molecule has 0 saturated heterocycles. The summed E-state index contributed by atoms with van der Waals surface area (Å²) in [5, 5.41) is 1.44. The second-order valence-electron chi connectivity index (χ2n) is 3.29. The monoisotopic (exact) mass is 315 g/mol.